The van der Waals surface area contributed by atoms with E-state index >= 15 is 0 Å². The predicted molar refractivity (Wildman–Crippen MR) is 36.0 cm³/mol. The molecule has 4 heteroatoms. The van der Waals surface area contributed by atoms with E-state index in [2.05, 4.69) is 4.74 Å². The Morgan fingerprint density at radius 1 is 1.80 bits per heavy atom. The van der Waals surface area contributed by atoms with E-state index < -0.39 is 0 Å². The molecule has 1 fully saturated rings. The molecule has 0 unspecified atom stereocenters. The summed E-state index contributed by atoms with van der Waals surface area (Å²) < 4.78 is 9.68. The van der Waals surface area contributed by atoms with Gasteiger partial charge in [0.05, 0.1) is 6.10 Å². The normalized spacial score (nSPS) is 29.8. The Hall–Kier alpha value is -0.280. The molecular weight excluding hydrogens is 156 g/mol. The van der Waals surface area contributed by atoms with Crippen molar-refractivity contribution in [3.8, 4) is 0 Å². The van der Waals surface area contributed by atoms with Crippen LogP contribution >= 0.6 is 11.6 Å². The highest BCUT2D eigenvalue weighted by atomic mass is 35.5. The summed E-state index contributed by atoms with van der Waals surface area (Å²) in [5.41, 5.74) is 0. The van der Waals surface area contributed by atoms with E-state index in [4.69, 9.17) is 16.3 Å². The minimum Gasteiger partial charge on any atom is -0.462 e. The number of carbonyl (C=O) groups excluding carboxylic acids is 1. The van der Waals surface area contributed by atoms with Crippen LogP contribution in [-0.4, -0.2) is 30.7 Å². The van der Waals surface area contributed by atoms with Crippen molar-refractivity contribution in [2.45, 2.75) is 19.1 Å². The first kappa shape index (κ1) is 7.82. The number of hydrogen-bond donors (Lipinski definition) is 0. The Labute approximate surface area is 64.3 Å². The molecule has 0 aromatic heterocycles. The maximum Gasteiger partial charge on any atom is 0.320 e. The van der Waals surface area contributed by atoms with Crippen molar-refractivity contribution in [3.05, 3.63) is 0 Å². The molecule has 0 spiro atoms. The first-order chi connectivity index (χ1) is 4.74. The van der Waals surface area contributed by atoms with Crippen LogP contribution < -0.4 is 0 Å². The van der Waals surface area contributed by atoms with Crippen LogP contribution in [0.3, 0.4) is 0 Å². The van der Waals surface area contributed by atoms with Crippen molar-refractivity contribution in [3.63, 3.8) is 0 Å². The molecule has 2 atom stereocenters. The van der Waals surface area contributed by atoms with Gasteiger partial charge in [-0.25, -0.2) is 0 Å². The molecule has 1 heterocycles. The smallest absolute Gasteiger partial charge is 0.320 e. The molecule has 10 heavy (non-hydrogen) atoms. The second-order valence-electron chi connectivity index (χ2n) is 2.20. The van der Waals surface area contributed by atoms with E-state index in [0.717, 1.165) is 0 Å². The Kier molecular flexibility index (Phi) is 2.51. The summed E-state index contributed by atoms with van der Waals surface area (Å²) >= 11 is 5.18. The molecule has 1 aliphatic heterocycles. The highest BCUT2D eigenvalue weighted by molar-refractivity contribution is 6.26. The second kappa shape index (κ2) is 3.21. The quantitative estimate of drug-likeness (QED) is 0.348. The van der Waals surface area contributed by atoms with Gasteiger partial charge in [0, 0.05) is 0 Å². The van der Waals surface area contributed by atoms with Gasteiger partial charge in [0.1, 0.15) is 18.6 Å². The third kappa shape index (κ3) is 2.15. The van der Waals surface area contributed by atoms with Crippen LogP contribution in [0.15, 0.2) is 0 Å². The number of esters is 1. The van der Waals surface area contributed by atoms with Crippen LogP contribution in [0.25, 0.3) is 0 Å². The van der Waals surface area contributed by atoms with Crippen LogP contribution in [0.5, 0.6) is 0 Å². The van der Waals surface area contributed by atoms with Gasteiger partial charge in [0.15, 0.2) is 0 Å². The van der Waals surface area contributed by atoms with Crippen LogP contribution in [-0.2, 0) is 14.3 Å². The number of alkyl halides is 1. The predicted octanol–water partition coefficient (Wildman–Crippen LogP) is 0.556. The van der Waals surface area contributed by atoms with Crippen molar-refractivity contribution in [2.24, 2.45) is 0 Å². The van der Waals surface area contributed by atoms with Crippen molar-refractivity contribution < 1.29 is 14.3 Å². The van der Waals surface area contributed by atoms with Crippen molar-refractivity contribution in [1.29, 1.82) is 0 Å². The SMILES string of the molecule is C[C@@H]1O[C@H]1COC(=O)CCl. The lowest BCUT2D eigenvalue weighted by Gasteiger charge is -1.96. The third-order valence-corrected chi connectivity index (χ3v) is 1.57. The summed E-state index contributed by atoms with van der Waals surface area (Å²) in [5, 5.41) is 0. The number of carbonyl (C=O) groups is 1. The fraction of sp³-hybridized carbons (Fsp3) is 0.833. The largest absolute Gasteiger partial charge is 0.462 e. The molecule has 1 saturated heterocycles. The molecule has 0 bridgehead atoms. The Bertz CT molecular complexity index is 137. The van der Waals surface area contributed by atoms with Crippen molar-refractivity contribution in [1.82, 2.24) is 0 Å². The minimum absolute atomic E-state index is 0.0822. The molecule has 3 nitrogen and oxygen atoms in total. The number of halogens is 1. The molecule has 1 rings (SSSR count). The van der Waals surface area contributed by atoms with E-state index in [0.29, 0.717) is 6.61 Å². The van der Waals surface area contributed by atoms with E-state index in [1.54, 1.807) is 0 Å². The topological polar surface area (TPSA) is 38.8 Å². The van der Waals surface area contributed by atoms with Gasteiger partial charge in [-0.2, -0.15) is 0 Å². The molecular formula is C6H9ClO3. The van der Waals surface area contributed by atoms with Crippen LogP contribution in [0.1, 0.15) is 6.92 Å². The number of hydrogen-bond acceptors (Lipinski definition) is 3. The first-order valence-electron chi connectivity index (χ1n) is 3.11. The summed E-state index contributed by atoms with van der Waals surface area (Å²) in [6, 6.07) is 0. The summed E-state index contributed by atoms with van der Waals surface area (Å²) in [7, 11) is 0. The van der Waals surface area contributed by atoms with E-state index in [1.807, 2.05) is 6.92 Å². The highest BCUT2D eigenvalue weighted by Gasteiger charge is 2.35. The van der Waals surface area contributed by atoms with Gasteiger partial charge >= 0.3 is 5.97 Å². The number of rotatable bonds is 3. The monoisotopic (exact) mass is 164 g/mol. The lowest BCUT2D eigenvalue weighted by molar-refractivity contribution is -0.141. The lowest BCUT2D eigenvalue weighted by Crippen LogP contribution is -2.11. The summed E-state index contributed by atoms with van der Waals surface area (Å²) in [6.07, 6.45) is 0.343. The van der Waals surface area contributed by atoms with Gasteiger partial charge in [-0.15, -0.1) is 11.6 Å². The van der Waals surface area contributed by atoms with Gasteiger partial charge in [0.25, 0.3) is 0 Å². The summed E-state index contributed by atoms with van der Waals surface area (Å²) in [6.45, 7) is 2.27. The zero-order valence-electron chi connectivity index (χ0n) is 5.67. The molecule has 0 aliphatic carbocycles. The summed E-state index contributed by atoms with van der Waals surface area (Å²) in [5.74, 6) is -0.467. The van der Waals surface area contributed by atoms with E-state index in [9.17, 15) is 4.79 Å². The van der Waals surface area contributed by atoms with Gasteiger partial charge in [-0.1, -0.05) is 0 Å². The average Bonchev–Trinajstić information content (AvgIpc) is 2.61. The van der Waals surface area contributed by atoms with E-state index in [-0.39, 0.29) is 24.1 Å². The van der Waals surface area contributed by atoms with Crippen LogP contribution in [0.2, 0.25) is 0 Å². The maximum absolute atomic E-state index is 10.4. The molecule has 0 radical (unpaired) electrons. The standard InChI is InChI=1S/C6H9ClO3/c1-4-5(10-4)3-9-6(8)2-7/h4-5H,2-3H2,1H3/t4-,5-/m0/s1. The van der Waals surface area contributed by atoms with Crippen LogP contribution in [0, 0.1) is 0 Å². The molecule has 0 aromatic carbocycles. The Morgan fingerprint density at radius 2 is 2.40 bits per heavy atom. The fourth-order valence-electron chi connectivity index (χ4n) is 0.619. The van der Waals surface area contributed by atoms with Crippen molar-refractivity contribution in [2.75, 3.05) is 12.5 Å². The van der Waals surface area contributed by atoms with Crippen LogP contribution in [0.4, 0.5) is 0 Å². The molecule has 0 N–H and O–H groups in total. The zero-order chi connectivity index (χ0) is 7.56. The van der Waals surface area contributed by atoms with Crippen molar-refractivity contribution >= 4 is 17.6 Å². The number of ether oxygens (including phenoxy) is 2. The minimum atomic E-state index is -0.385. The number of epoxide rings is 1. The van der Waals surface area contributed by atoms with E-state index in [1.165, 1.54) is 0 Å². The first-order valence-corrected chi connectivity index (χ1v) is 3.64. The maximum atomic E-state index is 10.4. The Balaban J connectivity index is 2.00. The molecule has 58 valence electrons. The van der Waals surface area contributed by atoms with Gasteiger partial charge in [-0.3, -0.25) is 4.79 Å². The molecule has 0 amide bonds. The second-order valence-corrected chi connectivity index (χ2v) is 2.46. The van der Waals surface area contributed by atoms with Gasteiger partial charge in [0.2, 0.25) is 0 Å². The molecule has 1 aliphatic rings. The Morgan fingerprint density at radius 3 is 2.80 bits per heavy atom. The molecule has 0 aromatic rings. The average molecular weight is 165 g/mol. The molecule has 0 saturated carbocycles. The summed E-state index contributed by atoms with van der Waals surface area (Å²) in [4.78, 5) is 10.4. The third-order valence-electron chi connectivity index (χ3n) is 1.35. The highest BCUT2D eigenvalue weighted by Crippen LogP contribution is 2.20. The van der Waals surface area contributed by atoms with Gasteiger partial charge < -0.3 is 9.47 Å². The van der Waals surface area contributed by atoms with Gasteiger partial charge in [-0.05, 0) is 6.92 Å². The lowest BCUT2D eigenvalue weighted by atomic mass is 10.4. The fourth-order valence-corrected chi connectivity index (χ4v) is 0.696. The zero-order valence-corrected chi connectivity index (χ0v) is 6.43.